The normalized spacial score (nSPS) is 9.92. The van der Waals surface area contributed by atoms with Crippen molar-refractivity contribution in [2.75, 3.05) is 14.2 Å². The van der Waals surface area contributed by atoms with Crippen LogP contribution in [0.2, 0.25) is 0 Å². The molecule has 0 amide bonds. The van der Waals surface area contributed by atoms with E-state index in [1.807, 2.05) is 35.9 Å². The van der Waals surface area contributed by atoms with Crippen molar-refractivity contribution in [3.63, 3.8) is 0 Å². The number of pyridine rings is 1. The second-order valence-electron chi connectivity index (χ2n) is 5.02. The molecule has 25 heavy (non-hydrogen) atoms. The largest absolute Gasteiger partial charge is 0.465 e. The van der Waals surface area contributed by atoms with Gasteiger partial charge in [-0.3, -0.25) is 4.98 Å². The lowest BCUT2D eigenvalue weighted by molar-refractivity contribution is 0.0585. The van der Waals surface area contributed by atoms with E-state index in [1.54, 1.807) is 18.3 Å². The third kappa shape index (κ3) is 4.45. The second-order valence-corrected chi connectivity index (χ2v) is 5.93. The summed E-state index contributed by atoms with van der Waals surface area (Å²) < 4.78 is 12.0. The molecule has 130 valence electrons. The van der Waals surface area contributed by atoms with Crippen LogP contribution in [0.1, 0.15) is 20.8 Å². The predicted molar refractivity (Wildman–Crippen MR) is 97.5 cm³/mol. The molecule has 0 atom stereocenters. The first-order chi connectivity index (χ1) is 12.0. The summed E-state index contributed by atoms with van der Waals surface area (Å²) in [5, 5.41) is 1.03. The highest BCUT2D eigenvalue weighted by Crippen LogP contribution is 2.23. The summed E-state index contributed by atoms with van der Waals surface area (Å²) in [6.07, 6.45) is 3.07. The van der Waals surface area contributed by atoms with Crippen LogP contribution in [0.25, 0.3) is 10.9 Å². The van der Waals surface area contributed by atoms with Gasteiger partial charge in [0.25, 0.3) is 0 Å². The van der Waals surface area contributed by atoms with Gasteiger partial charge in [-0.15, -0.1) is 0 Å². The van der Waals surface area contributed by atoms with Crippen LogP contribution in [-0.4, -0.2) is 35.7 Å². The molecule has 0 unspecified atom stereocenters. The number of aromatic nitrogens is 2. The highest BCUT2D eigenvalue weighted by atomic mass is 79.9. The van der Waals surface area contributed by atoms with Crippen molar-refractivity contribution in [1.82, 2.24) is 9.55 Å². The molecule has 0 aliphatic heterocycles. The molecule has 0 saturated carbocycles. The first kappa shape index (κ1) is 18.7. The molecule has 0 aliphatic carbocycles. The maximum atomic E-state index is 11.4. The number of nitrogens with zero attached hydrogens (tertiary/aromatic N) is 2. The lowest BCUT2D eigenvalue weighted by atomic mass is 10.2. The fourth-order valence-corrected chi connectivity index (χ4v) is 2.55. The molecule has 3 rings (SSSR count). The van der Waals surface area contributed by atoms with E-state index in [0.29, 0.717) is 11.3 Å². The molecule has 7 heteroatoms. The monoisotopic (exact) mass is 404 g/mol. The number of carbonyl (C=O) groups excluding carboxylic acids is 2. The number of rotatable bonds is 2. The van der Waals surface area contributed by atoms with Crippen LogP contribution in [0.4, 0.5) is 0 Å². The van der Waals surface area contributed by atoms with E-state index in [0.717, 1.165) is 15.4 Å². The maximum Gasteiger partial charge on any atom is 0.354 e. The van der Waals surface area contributed by atoms with Gasteiger partial charge in [0, 0.05) is 34.8 Å². The molecule has 2 aromatic heterocycles. The average molecular weight is 405 g/mol. The first-order valence-corrected chi connectivity index (χ1v) is 8.09. The fraction of sp³-hybridized carbons (Fsp3) is 0.167. The van der Waals surface area contributed by atoms with Gasteiger partial charge in [-0.1, -0.05) is 22.0 Å². The van der Waals surface area contributed by atoms with Crippen LogP contribution in [0.3, 0.4) is 0 Å². The summed E-state index contributed by atoms with van der Waals surface area (Å²) in [5.74, 6) is -0.669. The molecule has 0 aliphatic rings. The van der Waals surface area contributed by atoms with Crippen LogP contribution >= 0.6 is 15.9 Å². The van der Waals surface area contributed by atoms with Crippen molar-refractivity contribution < 1.29 is 19.1 Å². The van der Waals surface area contributed by atoms with E-state index in [2.05, 4.69) is 25.7 Å². The number of carbonyl (C=O) groups is 2. The topological polar surface area (TPSA) is 70.4 Å². The van der Waals surface area contributed by atoms with Gasteiger partial charge in [-0.05, 0) is 30.3 Å². The van der Waals surface area contributed by atoms with Gasteiger partial charge in [-0.2, -0.15) is 0 Å². The Labute approximate surface area is 153 Å². The summed E-state index contributed by atoms with van der Waals surface area (Å²) in [6.45, 7) is 0. The minimum absolute atomic E-state index is 0.315. The number of fused-ring (bicyclic) bond motifs is 1. The van der Waals surface area contributed by atoms with E-state index < -0.39 is 0 Å². The summed E-state index contributed by atoms with van der Waals surface area (Å²) in [7, 11) is 4.58. The van der Waals surface area contributed by atoms with Crippen LogP contribution in [0, 0.1) is 0 Å². The molecule has 0 fully saturated rings. The first-order valence-electron chi connectivity index (χ1n) is 7.29. The Bertz CT molecular complexity index is 891. The third-order valence-electron chi connectivity index (χ3n) is 3.48. The van der Waals surface area contributed by atoms with Crippen molar-refractivity contribution in [1.29, 1.82) is 0 Å². The maximum absolute atomic E-state index is 11.4. The number of hydrogen-bond donors (Lipinski definition) is 0. The van der Waals surface area contributed by atoms with Gasteiger partial charge in [0.1, 0.15) is 5.69 Å². The summed E-state index contributed by atoms with van der Waals surface area (Å²) in [5.41, 5.74) is 2.04. The van der Waals surface area contributed by atoms with Gasteiger partial charge < -0.3 is 14.0 Å². The Hall–Kier alpha value is -2.67. The van der Waals surface area contributed by atoms with Crippen molar-refractivity contribution >= 4 is 38.8 Å². The lowest BCUT2D eigenvalue weighted by Gasteiger charge is -2.01. The zero-order valence-electron chi connectivity index (χ0n) is 14.0. The van der Waals surface area contributed by atoms with E-state index >= 15 is 0 Å². The zero-order chi connectivity index (χ0) is 18.4. The van der Waals surface area contributed by atoms with E-state index in [1.165, 1.54) is 20.4 Å². The molecule has 0 radical (unpaired) electrons. The SMILES string of the molecule is COC(=O)c1cc2ccc(Br)cc2n1C.COC(=O)c1cccnc1. The molecule has 1 aromatic carbocycles. The number of benzene rings is 1. The number of methoxy groups -OCH3 is 2. The predicted octanol–water partition coefficient (Wildman–Crippen LogP) is 3.60. The van der Waals surface area contributed by atoms with Gasteiger partial charge in [0.15, 0.2) is 0 Å². The number of aryl methyl sites for hydroxylation is 1. The number of hydrogen-bond acceptors (Lipinski definition) is 5. The molecule has 0 N–H and O–H groups in total. The molecule has 0 spiro atoms. The minimum atomic E-state index is -0.354. The standard InChI is InChI=1S/C11H10BrNO2.C7H7NO2/c1-13-9-6-8(12)4-3-7(9)5-10(13)11(14)15-2;1-10-7(9)6-3-2-4-8-5-6/h3-6H,1-2H3;2-5H,1H3. The van der Waals surface area contributed by atoms with Crippen LogP contribution in [-0.2, 0) is 16.5 Å². The molecule has 2 heterocycles. The van der Waals surface area contributed by atoms with Gasteiger partial charge in [0.05, 0.1) is 19.8 Å². The lowest BCUT2D eigenvalue weighted by Crippen LogP contribution is -2.06. The third-order valence-corrected chi connectivity index (χ3v) is 3.98. The fourth-order valence-electron chi connectivity index (χ4n) is 2.21. The molecule has 0 saturated heterocycles. The second kappa shape index (κ2) is 8.43. The highest BCUT2D eigenvalue weighted by molar-refractivity contribution is 9.10. The number of esters is 2. The Morgan fingerprint density at radius 1 is 1.08 bits per heavy atom. The molecule has 3 aromatic rings. The van der Waals surface area contributed by atoms with E-state index in [-0.39, 0.29) is 11.9 Å². The Balaban J connectivity index is 0.000000196. The summed E-state index contributed by atoms with van der Waals surface area (Å²) >= 11 is 3.40. The Kier molecular flexibility index (Phi) is 6.30. The smallest absolute Gasteiger partial charge is 0.354 e. The van der Waals surface area contributed by atoms with Gasteiger partial charge in [0.2, 0.25) is 0 Å². The molecule has 0 bridgehead atoms. The quantitative estimate of drug-likeness (QED) is 0.610. The molecular formula is C18H17BrN2O4. The van der Waals surface area contributed by atoms with Crippen LogP contribution < -0.4 is 0 Å². The zero-order valence-corrected chi connectivity index (χ0v) is 15.6. The number of ether oxygens (including phenoxy) is 2. The summed E-state index contributed by atoms with van der Waals surface area (Å²) in [6, 6.07) is 11.1. The molecule has 6 nitrogen and oxygen atoms in total. The van der Waals surface area contributed by atoms with E-state index in [9.17, 15) is 9.59 Å². The average Bonchev–Trinajstić information content (AvgIpc) is 2.98. The Morgan fingerprint density at radius 2 is 1.80 bits per heavy atom. The van der Waals surface area contributed by atoms with Crippen molar-refractivity contribution in [3.05, 3.63) is 64.5 Å². The van der Waals surface area contributed by atoms with Crippen LogP contribution in [0.15, 0.2) is 53.3 Å². The Morgan fingerprint density at radius 3 is 2.40 bits per heavy atom. The highest BCUT2D eigenvalue weighted by Gasteiger charge is 2.13. The summed E-state index contributed by atoms with van der Waals surface area (Å²) in [4.78, 5) is 25.9. The van der Waals surface area contributed by atoms with Crippen LogP contribution in [0.5, 0.6) is 0 Å². The number of halogens is 1. The van der Waals surface area contributed by atoms with Crippen molar-refractivity contribution in [2.24, 2.45) is 7.05 Å². The van der Waals surface area contributed by atoms with E-state index in [4.69, 9.17) is 4.74 Å². The van der Waals surface area contributed by atoms with Crippen molar-refractivity contribution in [3.8, 4) is 0 Å². The van der Waals surface area contributed by atoms with Gasteiger partial charge in [-0.25, -0.2) is 9.59 Å². The van der Waals surface area contributed by atoms with Gasteiger partial charge >= 0.3 is 11.9 Å². The minimum Gasteiger partial charge on any atom is -0.465 e. The molecular weight excluding hydrogens is 388 g/mol. The van der Waals surface area contributed by atoms with Crippen molar-refractivity contribution in [2.45, 2.75) is 0 Å².